The third kappa shape index (κ3) is 4.58. The topological polar surface area (TPSA) is 50.8 Å². The van der Waals surface area contributed by atoms with Gasteiger partial charge in [-0.2, -0.15) is 0 Å². The number of carbonyl (C=O) groups is 1. The van der Waals surface area contributed by atoms with E-state index in [1.807, 2.05) is 25.7 Å². The summed E-state index contributed by atoms with van der Waals surface area (Å²) in [7, 11) is 0. The fraction of sp³-hybridized carbons (Fsp3) is 0.938. The van der Waals surface area contributed by atoms with Crippen molar-refractivity contribution in [1.82, 2.24) is 10.2 Å². The van der Waals surface area contributed by atoms with E-state index in [0.29, 0.717) is 18.6 Å². The summed E-state index contributed by atoms with van der Waals surface area (Å²) in [5, 5.41) is 3.01. The lowest BCUT2D eigenvalue weighted by Crippen LogP contribution is -2.51. The van der Waals surface area contributed by atoms with E-state index in [-0.39, 0.29) is 11.6 Å². The van der Waals surface area contributed by atoms with Crippen LogP contribution in [0.15, 0.2) is 0 Å². The molecule has 21 heavy (non-hydrogen) atoms. The summed E-state index contributed by atoms with van der Waals surface area (Å²) in [5.41, 5.74) is 0.127. The van der Waals surface area contributed by atoms with Crippen LogP contribution >= 0.6 is 0 Å². The molecule has 1 spiro atoms. The van der Waals surface area contributed by atoms with Crippen LogP contribution in [0.25, 0.3) is 0 Å². The van der Waals surface area contributed by atoms with E-state index in [4.69, 9.17) is 9.47 Å². The number of nitrogens with one attached hydrogen (secondary N) is 1. The van der Waals surface area contributed by atoms with Crippen molar-refractivity contribution in [3.8, 4) is 0 Å². The van der Waals surface area contributed by atoms with Crippen molar-refractivity contribution in [2.24, 2.45) is 5.41 Å². The van der Waals surface area contributed by atoms with Gasteiger partial charge in [0.25, 0.3) is 0 Å². The van der Waals surface area contributed by atoms with Crippen LogP contribution < -0.4 is 5.32 Å². The van der Waals surface area contributed by atoms with Crippen molar-refractivity contribution in [2.45, 2.75) is 52.1 Å². The molecule has 5 nitrogen and oxygen atoms in total. The minimum absolute atomic E-state index is 0.0460. The molecule has 0 radical (unpaired) electrons. The maximum atomic E-state index is 12.3. The number of piperidine rings is 1. The molecule has 2 aliphatic heterocycles. The molecule has 1 N–H and O–H groups in total. The van der Waals surface area contributed by atoms with E-state index in [9.17, 15) is 4.79 Å². The average Bonchev–Trinajstić information content (AvgIpc) is 2.46. The molecule has 0 aliphatic carbocycles. The largest absolute Gasteiger partial charge is 0.381 e. The lowest BCUT2D eigenvalue weighted by molar-refractivity contribution is -0.0179. The number of rotatable bonds is 4. The van der Waals surface area contributed by atoms with Gasteiger partial charge in [-0.3, -0.25) is 0 Å². The minimum atomic E-state index is -0.303. The number of urea groups is 1. The third-order valence-electron chi connectivity index (χ3n) is 4.87. The second-order valence-corrected chi connectivity index (χ2v) is 6.95. The highest BCUT2D eigenvalue weighted by Gasteiger charge is 2.37. The fourth-order valence-electron chi connectivity index (χ4n) is 3.33. The summed E-state index contributed by atoms with van der Waals surface area (Å²) in [5.74, 6) is 0. The number of hydrogen-bond donors (Lipinski definition) is 1. The number of carbonyl (C=O) groups excluding carboxylic acids is 1. The Labute approximate surface area is 128 Å². The first-order valence-electron chi connectivity index (χ1n) is 8.21. The van der Waals surface area contributed by atoms with Gasteiger partial charge < -0.3 is 19.7 Å². The number of nitrogens with zero attached hydrogens (tertiary/aromatic N) is 1. The molecule has 0 aromatic heterocycles. The van der Waals surface area contributed by atoms with Crippen molar-refractivity contribution in [1.29, 1.82) is 0 Å². The van der Waals surface area contributed by atoms with Gasteiger partial charge in [-0.1, -0.05) is 0 Å². The van der Waals surface area contributed by atoms with E-state index >= 15 is 0 Å². The van der Waals surface area contributed by atoms with Gasteiger partial charge in [0.1, 0.15) is 0 Å². The Kier molecular flexibility index (Phi) is 5.49. The van der Waals surface area contributed by atoms with E-state index in [1.165, 1.54) is 0 Å². The van der Waals surface area contributed by atoms with Crippen molar-refractivity contribution in [3.63, 3.8) is 0 Å². The second-order valence-electron chi connectivity index (χ2n) is 6.95. The first kappa shape index (κ1) is 16.6. The molecule has 0 atom stereocenters. The van der Waals surface area contributed by atoms with Gasteiger partial charge in [0, 0.05) is 39.5 Å². The summed E-state index contributed by atoms with van der Waals surface area (Å²) in [4.78, 5) is 14.2. The van der Waals surface area contributed by atoms with Crippen LogP contribution in [0, 0.1) is 5.41 Å². The maximum absolute atomic E-state index is 12.3. The van der Waals surface area contributed by atoms with E-state index in [0.717, 1.165) is 52.0 Å². The molecule has 0 aromatic rings. The second kappa shape index (κ2) is 6.97. The zero-order valence-electron chi connectivity index (χ0n) is 13.7. The monoisotopic (exact) mass is 298 g/mol. The molecule has 2 heterocycles. The highest BCUT2D eigenvalue weighted by molar-refractivity contribution is 5.74. The smallest absolute Gasteiger partial charge is 0.317 e. The summed E-state index contributed by atoms with van der Waals surface area (Å²) < 4.78 is 11.1. The Morgan fingerprint density at radius 2 is 1.86 bits per heavy atom. The molecule has 2 amide bonds. The molecule has 2 fully saturated rings. The van der Waals surface area contributed by atoms with Crippen LogP contribution in [0.1, 0.15) is 46.5 Å². The molecule has 5 heteroatoms. The predicted octanol–water partition coefficient (Wildman–Crippen LogP) is 2.40. The Morgan fingerprint density at radius 3 is 2.43 bits per heavy atom. The van der Waals surface area contributed by atoms with Gasteiger partial charge in [0.15, 0.2) is 0 Å². The SMILES string of the molecule is CCOC(C)(C)CNC(=O)N1CCC2(CCOCC2)CC1. The lowest BCUT2D eigenvalue weighted by atomic mass is 9.72. The highest BCUT2D eigenvalue weighted by atomic mass is 16.5. The van der Waals surface area contributed by atoms with Crippen LogP contribution in [0.2, 0.25) is 0 Å². The number of likely N-dealkylation sites (tertiary alicyclic amines) is 1. The molecular weight excluding hydrogens is 268 g/mol. The predicted molar refractivity (Wildman–Crippen MR) is 82.4 cm³/mol. The third-order valence-corrected chi connectivity index (χ3v) is 4.87. The molecular formula is C16H30N2O3. The van der Waals surface area contributed by atoms with Gasteiger partial charge >= 0.3 is 6.03 Å². The molecule has 0 bridgehead atoms. The Balaban J connectivity index is 1.75. The highest BCUT2D eigenvalue weighted by Crippen LogP contribution is 2.40. The van der Waals surface area contributed by atoms with Gasteiger partial charge in [0.2, 0.25) is 0 Å². The first-order valence-corrected chi connectivity index (χ1v) is 8.21. The number of hydrogen-bond acceptors (Lipinski definition) is 3. The molecule has 0 aromatic carbocycles. The normalized spacial score (nSPS) is 22.3. The van der Waals surface area contributed by atoms with Crippen molar-refractivity contribution in [3.05, 3.63) is 0 Å². The van der Waals surface area contributed by atoms with Gasteiger partial charge in [-0.15, -0.1) is 0 Å². The first-order chi connectivity index (χ1) is 9.96. The summed E-state index contributed by atoms with van der Waals surface area (Å²) in [6.07, 6.45) is 4.52. The van der Waals surface area contributed by atoms with E-state index < -0.39 is 0 Å². The van der Waals surface area contributed by atoms with Crippen molar-refractivity contribution in [2.75, 3.05) is 39.5 Å². The molecule has 0 saturated carbocycles. The van der Waals surface area contributed by atoms with Crippen molar-refractivity contribution >= 4 is 6.03 Å². The zero-order chi connectivity index (χ0) is 15.3. The quantitative estimate of drug-likeness (QED) is 0.867. The summed E-state index contributed by atoms with van der Waals surface area (Å²) in [6, 6.07) is 0.0460. The zero-order valence-corrected chi connectivity index (χ0v) is 13.7. The number of ether oxygens (including phenoxy) is 2. The summed E-state index contributed by atoms with van der Waals surface area (Å²) >= 11 is 0. The molecule has 2 rings (SSSR count). The van der Waals surface area contributed by atoms with Crippen LogP contribution in [0.3, 0.4) is 0 Å². The Bertz CT molecular complexity index is 341. The molecule has 122 valence electrons. The van der Waals surface area contributed by atoms with Crippen LogP contribution in [-0.4, -0.2) is 56.0 Å². The van der Waals surface area contributed by atoms with E-state index in [2.05, 4.69) is 5.32 Å². The van der Waals surface area contributed by atoms with E-state index in [1.54, 1.807) is 0 Å². The van der Waals surface area contributed by atoms with Gasteiger partial charge in [0.05, 0.1) is 5.60 Å². The average molecular weight is 298 g/mol. The maximum Gasteiger partial charge on any atom is 0.317 e. The van der Waals surface area contributed by atoms with Crippen LogP contribution in [-0.2, 0) is 9.47 Å². The molecule has 2 aliphatic rings. The molecule has 0 unspecified atom stereocenters. The molecule has 2 saturated heterocycles. The minimum Gasteiger partial charge on any atom is -0.381 e. The standard InChI is InChI=1S/C16H30N2O3/c1-4-21-15(2,3)13-17-14(19)18-9-5-16(6-10-18)7-11-20-12-8-16/h4-13H2,1-3H3,(H,17,19). The van der Waals surface area contributed by atoms with Gasteiger partial charge in [-0.25, -0.2) is 4.79 Å². The lowest BCUT2D eigenvalue weighted by Gasteiger charge is -2.44. The Morgan fingerprint density at radius 1 is 1.24 bits per heavy atom. The van der Waals surface area contributed by atoms with Crippen LogP contribution in [0.4, 0.5) is 4.79 Å². The Hall–Kier alpha value is -0.810. The fourth-order valence-corrected chi connectivity index (χ4v) is 3.33. The number of amides is 2. The van der Waals surface area contributed by atoms with Crippen molar-refractivity contribution < 1.29 is 14.3 Å². The summed E-state index contributed by atoms with van der Waals surface area (Å²) in [6.45, 7) is 10.7. The van der Waals surface area contributed by atoms with Crippen LogP contribution in [0.5, 0.6) is 0 Å². The van der Waals surface area contributed by atoms with Gasteiger partial charge in [-0.05, 0) is 51.9 Å².